The fraction of sp³-hybridized carbons (Fsp3) is 0.600. The lowest BCUT2D eigenvalue weighted by Crippen LogP contribution is -2.42. The Hall–Kier alpha value is -1.20. The summed E-state index contributed by atoms with van der Waals surface area (Å²) in [7, 11) is 0. The minimum absolute atomic E-state index is 0.531. The quantitative estimate of drug-likeness (QED) is 0.942. The number of hydrogen-bond donors (Lipinski definition) is 1. The van der Waals surface area contributed by atoms with Crippen LogP contribution in [0.2, 0.25) is 0 Å². The van der Waals surface area contributed by atoms with Crippen LogP contribution in [0.3, 0.4) is 0 Å². The number of rotatable bonds is 3. The van der Waals surface area contributed by atoms with Gasteiger partial charge in [-0.15, -0.1) is 11.3 Å². The van der Waals surface area contributed by atoms with Crippen molar-refractivity contribution in [3.8, 4) is 0 Å². The zero-order chi connectivity index (χ0) is 14.1. The molecule has 0 atom stereocenters. The first-order chi connectivity index (χ1) is 9.63. The standard InChI is InChI=1S/C15H22N4S/c1-10(2)19-6-4-12(5-7-19)18-14-13-8-11(3)20-15(13)17-9-16-14/h8-10,12H,4-7H2,1-3H3,(H,16,17,18). The maximum atomic E-state index is 4.44. The summed E-state index contributed by atoms with van der Waals surface area (Å²) < 4.78 is 0. The van der Waals surface area contributed by atoms with E-state index in [-0.39, 0.29) is 0 Å². The first kappa shape index (κ1) is 13.8. The van der Waals surface area contributed by atoms with Crippen LogP contribution in [0.25, 0.3) is 10.2 Å². The number of likely N-dealkylation sites (tertiary alicyclic amines) is 1. The van der Waals surface area contributed by atoms with Crippen molar-refractivity contribution in [3.63, 3.8) is 0 Å². The monoisotopic (exact) mass is 290 g/mol. The van der Waals surface area contributed by atoms with Crippen molar-refractivity contribution in [3.05, 3.63) is 17.3 Å². The molecular formula is C15H22N4S. The van der Waals surface area contributed by atoms with E-state index in [2.05, 4.69) is 47.0 Å². The van der Waals surface area contributed by atoms with Gasteiger partial charge in [-0.2, -0.15) is 0 Å². The number of aromatic nitrogens is 2. The maximum Gasteiger partial charge on any atom is 0.138 e. The van der Waals surface area contributed by atoms with Crippen molar-refractivity contribution in [2.45, 2.75) is 45.7 Å². The van der Waals surface area contributed by atoms with Crippen LogP contribution in [-0.4, -0.2) is 40.0 Å². The Morgan fingerprint density at radius 1 is 1.30 bits per heavy atom. The summed E-state index contributed by atoms with van der Waals surface area (Å²) >= 11 is 1.73. The average Bonchev–Trinajstić information content (AvgIpc) is 2.81. The highest BCUT2D eigenvalue weighted by Crippen LogP contribution is 2.28. The lowest BCUT2D eigenvalue weighted by atomic mass is 10.0. The molecule has 0 unspecified atom stereocenters. The Morgan fingerprint density at radius 3 is 2.75 bits per heavy atom. The van der Waals surface area contributed by atoms with Gasteiger partial charge in [0.25, 0.3) is 0 Å². The first-order valence-electron chi connectivity index (χ1n) is 7.35. The Morgan fingerprint density at radius 2 is 2.05 bits per heavy atom. The topological polar surface area (TPSA) is 41.0 Å². The molecule has 0 saturated carbocycles. The van der Waals surface area contributed by atoms with Crippen LogP contribution in [0.4, 0.5) is 5.82 Å². The van der Waals surface area contributed by atoms with E-state index in [4.69, 9.17) is 0 Å². The average molecular weight is 290 g/mol. The van der Waals surface area contributed by atoms with E-state index in [1.54, 1.807) is 17.7 Å². The molecule has 0 aromatic carbocycles. The molecule has 108 valence electrons. The van der Waals surface area contributed by atoms with Crippen LogP contribution >= 0.6 is 11.3 Å². The number of hydrogen-bond acceptors (Lipinski definition) is 5. The number of nitrogens with zero attached hydrogens (tertiary/aromatic N) is 3. The van der Waals surface area contributed by atoms with Crippen LogP contribution in [0, 0.1) is 6.92 Å². The predicted octanol–water partition coefficient (Wildman–Crippen LogP) is 3.28. The van der Waals surface area contributed by atoms with Crippen molar-refractivity contribution < 1.29 is 0 Å². The van der Waals surface area contributed by atoms with E-state index in [0.717, 1.165) is 10.6 Å². The molecule has 4 nitrogen and oxygen atoms in total. The third-order valence-electron chi connectivity index (χ3n) is 4.05. The maximum absolute atomic E-state index is 4.44. The zero-order valence-corrected chi connectivity index (χ0v) is 13.2. The van der Waals surface area contributed by atoms with Gasteiger partial charge in [0.05, 0.1) is 5.39 Å². The number of fused-ring (bicyclic) bond motifs is 1. The Labute approximate surface area is 124 Å². The number of piperidine rings is 1. The van der Waals surface area contributed by atoms with E-state index in [1.807, 2.05) is 0 Å². The van der Waals surface area contributed by atoms with Gasteiger partial charge in [-0.1, -0.05) is 0 Å². The van der Waals surface area contributed by atoms with Crippen LogP contribution < -0.4 is 5.32 Å². The number of thiophene rings is 1. The second-order valence-corrected chi connectivity index (χ2v) is 7.08. The molecule has 3 rings (SSSR count). The molecule has 1 fully saturated rings. The summed E-state index contributed by atoms with van der Waals surface area (Å²) in [4.78, 5) is 13.7. The molecule has 1 saturated heterocycles. The van der Waals surface area contributed by atoms with Crippen LogP contribution in [0.5, 0.6) is 0 Å². The summed E-state index contributed by atoms with van der Waals surface area (Å²) in [6.45, 7) is 9.02. The molecule has 0 spiro atoms. The number of nitrogens with one attached hydrogen (secondary N) is 1. The van der Waals surface area contributed by atoms with E-state index < -0.39 is 0 Å². The van der Waals surface area contributed by atoms with Gasteiger partial charge in [0.15, 0.2) is 0 Å². The van der Waals surface area contributed by atoms with Gasteiger partial charge < -0.3 is 10.2 Å². The molecule has 1 N–H and O–H groups in total. The van der Waals surface area contributed by atoms with E-state index in [9.17, 15) is 0 Å². The fourth-order valence-electron chi connectivity index (χ4n) is 2.84. The molecule has 0 radical (unpaired) electrons. The van der Waals surface area contributed by atoms with Crippen molar-refractivity contribution in [1.29, 1.82) is 0 Å². The highest BCUT2D eigenvalue weighted by atomic mass is 32.1. The summed E-state index contributed by atoms with van der Waals surface area (Å²) in [6.07, 6.45) is 4.05. The third kappa shape index (κ3) is 2.79. The lowest BCUT2D eigenvalue weighted by molar-refractivity contribution is 0.177. The predicted molar refractivity (Wildman–Crippen MR) is 85.5 cm³/mol. The normalized spacial score (nSPS) is 18.0. The molecule has 2 aromatic rings. The van der Waals surface area contributed by atoms with Gasteiger partial charge in [0.2, 0.25) is 0 Å². The van der Waals surface area contributed by atoms with Crippen LogP contribution in [-0.2, 0) is 0 Å². The SMILES string of the molecule is Cc1cc2c(NC3CCN(C(C)C)CC3)ncnc2s1. The largest absolute Gasteiger partial charge is 0.367 e. The third-order valence-corrected chi connectivity index (χ3v) is 5.01. The second-order valence-electron chi connectivity index (χ2n) is 5.85. The molecule has 20 heavy (non-hydrogen) atoms. The molecule has 2 aromatic heterocycles. The Kier molecular flexibility index (Phi) is 3.89. The highest BCUT2D eigenvalue weighted by molar-refractivity contribution is 7.18. The Bertz CT molecular complexity index is 585. The molecule has 0 aliphatic carbocycles. The second kappa shape index (κ2) is 5.66. The molecular weight excluding hydrogens is 268 g/mol. The molecule has 5 heteroatoms. The Balaban J connectivity index is 1.71. The van der Waals surface area contributed by atoms with Crippen LogP contribution in [0.15, 0.2) is 12.4 Å². The summed E-state index contributed by atoms with van der Waals surface area (Å²) in [6, 6.07) is 3.37. The first-order valence-corrected chi connectivity index (χ1v) is 8.17. The van der Waals surface area contributed by atoms with Gasteiger partial charge in [-0.05, 0) is 39.7 Å². The fourth-order valence-corrected chi connectivity index (χ4v) is 3.69. The molecule has 1 aliphatic heterocycles. The van der Waals surface area contributed by atoms with Crippen molar-refractivity contribution in [2.75, 3.05) is 18.4 Å². The van der Waals surface area contributed by atoms with E-state index in [0.29, 0.717) is 12.1 Å². The van der Waals surface area contributed by atoms with Gasteiger partial charge in [-0.25, -0.2) is 9.97 Å². The number of aryl methyl sites for hydroxylation is 1. The number of anilines is 1. The minimum atomic E-state index is 0.531. The van der Waals surface area contributed by atoms with Gasteiger partial charge in [-0.3, -0.25) is 0 Å². The van der Waals surface area contributed by atoms with Gasteiger partial charge >= 0.3 is 0 Å². The van der Waals surface area contributed by atoms with Gasteiger partial charge in [0, 0.05) is 30.1 Å². The lowest BCUT2D eigenvalue weighted by Gasteiger charge is -2.35. The molecule has 0 bridgehead atoms. The summed E-state index contributed by atoms with van der Waals surface area (Å²) in [5.41, 5.74) is 0. The van der Waals surface area contributed by atoms with Gasteiger partial charge in [0.1, 0.15) is 17.0 Å². The molecule has 3 heterocycles. The minimum Gasteiger partial charge on any atom is -0.367 e. The summed E-state index contributed by atoms with van der Waals surface area (Å²) in [5, 5.41) is 4.79. The van der Waals surface area contributed by atoms with E-state index in [1.165, 1.54) is 36.2 Å². The zero-order valence-electron chi connectivity index (χ0n) is 12.4. The smallest absolute Gasteiger partial charge is 0.138 e. The summed E-state index contributed by atoms with van der Waals surface area (Å²) in [5.74, 6) is 1.00. The van der Waals surface area contributed by atoms with E-state index >= 15 is 0 Å². The molecule has 0 amide bonds. The van der Waals surface area contributed by atoms with Crippen molar-refractivity contribution in [1.82, 2.24) is 14.9 Å². The van der Waals surface area contributed by atoms with Crippen molar-refractivity contribution >= 4 is 27.4 Å². The van der Waals surface area contributed by atoms with Crippen molar-refractivity contribution in [2.24, 2.45) is 0 Å². The molecule has 1 aliphatic rings. The van der Waals surface area contributed by atoms with Crippen LogP contribution in [0.1, 0.15) is 31.6 Å². The highest BCUT2D eigenvalue weighted by Gasteiger charge is 2.21.